The van der Waals surface area contributed by atoms with E-state index < -0.39 is 0 Å². The molecule has 2 aliphatic heterocycles. The molecule has 138 valence electrons. The van der Waals surface area contributed by atoms with Crippen LogP contribution in [0.4, 0.5) is 5.69 Å². The van der Waals surface area contributed by atoms with E-state index in [0.717, 1.165) is 57.3 Å². The molecule has 5 heteroatoms. The average Bonchev–Trinajstić information content (AvgIpc) is 3.07. The van der Waals surface area contributed by atoms with E-state index in [9.17, 15) is 0 Å². The normalized spacial score (nSPS) is 18.0. The van der Waals surface area contributed by atoms with Gasteiger partial charge in [-0.3, -0.25) is 4.90 Å². The second-order valence-electron chi connectivity index (χ2n) is 7.37. The zero-order valence-electron chi connectivity index (χ0n) is 15.6. The largest absolute Gasteiger partial charge is 0.497 e. The van der Waals surface area contributed by atoms with Gasteiger partial charge in [-0.1, -0.05) is 6.07 Å². The zero-order valence-corrected chi connectivity index (χ0v) is 15.6. The second kappa shape index (κ2) is 7.54. The van der Waals surface area contributed by atoms with Gasteiger partial charge in [0.05, 0.1) is 13.7 Å². The van der Waals surface area contributed by atoms with Gasteiger partial charge in [-0.25, -0.2) is 4.98 Å². The van der Waals surface area contributed by atoms with Crippen LogP contribution in [0.3, 0.4) is 0 Å². The molecule has 4 rings (SSSR count). The van der Waals surface area contributed by atoms with Crippen molar-refractivity contribution in [3.05, 3.63) is 47.7 Å². The monoisotopic (exact) mass is 353 g/mol. The van der Waals surface area contributed by atoms with E-state index in [4.69, 9.17) is 9.47 Å². The molecule has 5 nitrogen and oxygen atoms in total. The van der Waals surface area contributed by atoms with Crippen LogP contribution in [0.1, 0.15) is 24.0 Å². The Labute approximate surface area is 155 Å². The number of benzene rings is 1. The van der Waals surface area contributed by atoms with E-state index in [1.807, 2.05) is 18.2 Å². The van der Waals surface area contributed by atoms with Crippen molar-refractivity contribution in [1.82, 2.24) is 9.88 Å². The van der Waals surface area contributed by atoms with Crippen molar-refractivity contribution >= 4 is 5.69 Å². The molecule has 0 bridgehead atoms. The number of hydrogen-bond donors (Lipinski definition) is 0. The maximum atomic E-state index is 5.85. The molecule has 1 fully saturated rings. The van der Waals surface area contributed by atoms with E-state index in [-0.39, 0.29) is 0 Å². The third-order valence-corrected chi connectivity index (χ3v) is 5.46. The van der Waals surface area contributed by atoms with Gasteiger partial charge in [-0.2, -0.15) is 0 Å². The summed E-state index contributed by atoms with van der Waals surface area (Å²) in [5.41, 5.74) is 4.23. The van der Waals surface area contributed by atoms with Gasteiger partial charge < -0.3 is 14.4 Å². The highest BCUT2D eigenvalue weighted by atomic mass is 16.5. The summed E-state index contributed by atoms with van der Waals surface area (Å²) in [6.07, 6.45) is 4.07. The number of pyridine rings is 1. The Hall–Kier alpha value is -2.27. The molecule has 26 heavy (non-hydrogen) atoms. The number of hydrogen-bond acceptors (Lipinski definition) is 5. The van der Waals surface area contributed by atoms with Crippen LogP contribution < -0.4 is 14.4 Å². The van der Waals surface area contributed by atoms with E-state index >= 15 is 0 Å². The first-order valence-electron chi connectivity index (χ1n) is 9.40. The summed E-state index contributed by atoms with van der Waals surface area (Å²) in [6, 6.07) is 10.2. The van der Waals surface area contributed by atoms with Crippen LogP contribution in [0, 0.1) is 5.92 Å². The highest BCUT2D eigenvalue weighted by Gasteiger charge is 2.26. The van der Waals surface area contributed by atoms with Gasteiger partial charge in [0.25, 0.3) is 0 Å². The molecule has 0 amide bonds. The topological polar surface area (TPSA) is 37.8 Å². The number of aromatic nitrogens is 1. The van der Waals surface area contributed by atoms with Crippen LogP contribution in [0.2, 0.25) is 0 Å². The number of fused-ring (bicyclic) bond motifs is 1. The fourth-order valence-electron chi connectivity index (χ4n) is 4.00. The predicted molar refractivity (Wildman–Crippen MR) is 103 cm³/mol. The summed E-state index contributed by atoms with van der Waals surface area (Å²) < 4.78 is 11.4. The van der Waals surface area contributed by atoms with E-state index in [1.165, 1.54) is 16.8 Å². The number of anilines is 1. The first kappa shape index (κ1) is 17.2. The number of methoxy groups -OCH3 is 1. The molecule has 0 N–H and O–H groups in total. The minimum atomic E-state index is 0.592. The minimum Gasteiger partial charge on any atom is -0.497 e. The summed E-state index contributed by atoms with van der Waals surface area (Å²) in [4.78, 5) is 9.13. The Kier molecular flexibility index (Phi) is 4.98. The first-order chi connectivity index (χ1) is 12.7. The molecule has 0 aliphatic carbocycles. The van der Waals surface area contributed by atoms with Crippen molar-refractivity contribution in [2.45, 2.75) is 25.9 Å². The quantitative estimate of drug-likeness (QED) is 0.824. The van der Waals surface area contributed by atoms with Crippen LogP contribution >= 0.6 is 0 Å². The van der Waals surface area contributed by atoms with Crippen LogP contribution in [0.25, 0.3) is 0 Å². The number of nitrogens with zero attached hydrogens (tertiary/aromatic N) is 3. The number of piperidine rings is 1. The third kappa shape index (κ3) is 3.63. The molecule has 0 unspecified atom stereocenters. The van der Waals surface area contributed by atoms with Crippen LogP contribution in [-0.2, 0) is 13.1 Å². The van der Waals surface area contributed by atoms with Crippen molar-refractivity contribution in [3.8, 4) is 11.6 Å². The zero-order chi connectivity index (χ0) is 17.9. The Morgan fingerprint density at radius 1 is 1.15 bits per heavy atom. The molecule has 0 saturated carbocycles. The summed E-state index contributed by atoms with van der Waals surface area (Å²) in [6.45, 7) is 4.92. The molecule has 2 aliphatic rings. The Bertz CT molecular complexity index is 742. The van der Waals surface area contributed by atoms with Crippen molar-refractivity contribution in [2.24, 2.45) is 5.92 Å². The molecule has 1 saturated heterocycles. The molecular formula is C21H27N3O2. The van der Waals surface area contributed by atoms with E-state index in [1.54, 1.807) is 13.3 Å². The minimum absolute atomic E-state index is 0.592. The van der Waals surface area contributed by atoms with E-state index in [0.29, 0.717) is 5.92 Å². The molecule has 0 atom stereocenters. The standard InChI is InChI=1S/C21H27N3O2/c1-23-13-17-11-18(25-2)12-20(19(17)14-23)24-9-6-16(7-10-24)15-26-21-5-3-4-8-22-21/h3-5,8,11-12,16H,6-7,9-10,13-15H2,1-2H3. The Morgan fingerprint density at radius 2 is 2.00 bits per heavy atom. The van der Waals surface area contributed by atoms with Crippen LogP contribution in [0.5, 0.6) is 11.6 Å². The number of ether oxygens (including phenoxy) is 2. The molecule has 2 aromatic rings. The number of rotatable bonds is 5. The van der Waals surface area contributed by atoms with Gasteiger partial charge in [-0.15, -0.1) is 0 Å². The summed E-state index contributed by atoms with van der Waals surface area (Å²) >= 11 is 0. The first-order valence-corrected chi connectivity index (χ1v) is 9.40. The smallest absolute Gasteiger partial charge is 0.213 e. The maximum absolute atomic E-state index is 5.85. The molecule has 0 spiro atoms. The van der Waals surface area contributed by atoms with Gasteiger partial charge in [0.1, 0.15) is 5.75 Å². The van der Waals surface area contributed by atoms with Gasteiger partial charge >= 0.3 is 0 Å². The van der Waals surface area contributed by atoms with Crippen molar-refractivity contribution in [1.29, 1.82) is 0 Å². The Balaban J connectivity index is 1.40. The fourth-order valence-corrected chi connectivity index (χ4v) is 4.00. The van der Waals surface area contributed by atoms with E-state index in [2.05, 4.69) is 34.0 Å². The Morgan fingerprint density at radius 3 is 2.73 bits per heavy atom. The molecule has 0 radical (unpaired) electrons. The third-order valence-electron chi connectivity index (χ3n) is 5.46. The average molecular weight is 353 g/mol. The lowest BCUT2D eigenvalue weighted by Crippen LogP contribution is -2.36. The van der Waals surface area contributed by atoms with Crippen molar-refractivity contribution < 1.29 is 9.47 Å². The van der Waals surface area contributed by atoms with Crippen LogP contribution in [0.15, 0.2) is 36.5 Å². The van der Waals surface area contributed by atoms with Gasteiger partial charge in [0.15, 0.2) is 0 Å². The molecule has 1 aromatic heterocycles. The summed E-state index contributed by atoms with van der Waals surface area (Å²) in [5.74, 6) is 2.29. The highest BCUT2D eigenvalue weighted by Crippen LogP contribution is 2.37. The predicted octanol–water partition coefficient (Wildman–Crippen LogP) is 3.33. The molecule has 1 aromatic carbocycles. The van der Waals surface area contributed by atoms with Gasteiger partial charge in [0, 0.05) is 50.2 Å². The van der Waals surface area contributed by atoms with Crippen LogP contribution in [-0.4, -0.2) is 43.7 Å². The fraction of sp³-hybridized carbons (Fsp3) is 0.476. The molecule has 3 heterocycles. The summed E-state index contributed by atoms with van der Waals surface area (Å²) in [7, 11) is 3.93. The highest BCUT2D eigenvalue weighted by molar-refractivity contribution is 5.62. The van der Waals surface area contributed by atoms with Gasteiger partial charge in [-0.05, 0) is 49.1 Å². The SMILES string of the molecule is COc1cc2c(c(N3CCC(COc4ccccn4)CC3)c1)CN(C)C2. The van der Waals surface area contributed by atoms with Gasteiger partial charge in [0.2, 0.25) is 5.88 Å². The lowest BCUT2D eigenvalue weighted by molar-refractivity contribution is 0.216. The van der Waals surface area contributed by atoms with Crippen molar-refractivity contribution in [2.75, 3.05) is 38.8 Å². The maximum Gasteiger partial charge on any atom is 0.213 e. The lowest BCUT2D eigenvalue weighted by atomic mass is 9.96. The summed E-state index contributed by atoms with van der Waals surface area (Å²) in [5, 5.41) is 0. The van der Waals surface area contributed by atoms with Crippen molar-refractivity contribution in [3.63, 3.8) is 0 Å². The second-order valence-corrected chi connectivity index (χ2v) is 7.37. The lowest BCUT2D eigenvalue weighted by Gasteiger charge is -2.34. The molecular weight excluding hydrogens is 326 g/mol.